The molecule has 2 aromatic heterocycles. The number of rotatable bonds is 8. The van der Waals surface area contributed by atoms with Gasteiger partial charge in [0.1, 0.15) is 0 Å². The highest BCUT2D eigenvalue weighted by molar-refractivity contribution is 8.00. The summed E-state index contributed by atoms with van der Waals surface area (Å²) in [7, 11) is 0. The number of anilines is 1. The molecule has 1 amide bonds. The highest BCUT2D eigenvalue weighted by Gasteiger charge is 2.12. The molecule has 29 heavy (non-hydrogen) atoms. The van der Waals surface area contributed by atoms with E-state index in [2.05, 4.69) is 37.8 Å². The Balaban J connectivity index is 1.25. The van der Waals surface area contributed by atoms with Gasteiger partial charge in [0.05, 0.1) is 0 Å². The van der Waals surface area contributed by atoms with Crippen LogP contribution in [0.25, 0.3) is 11.4 Å². The van der Waals surface area contributed by atoms with E-state index in [1.54, 1.807) is 11.8 Å². The predicted molar refractivity (Wildman–Crippen MR) is 113 cm³/mol. The molecule has 0 spiro atoms. The number of hydrogen-bond donors (Lipinski definition) is 1. The van der Waals surface area contributed by atoms with Gasteiger partial charge < -0.3 is 9.84 Å². The third-order valence-electron chi connectivity index (χ3n) is 3.92. The first-order valence-corrected chi connectivity index (χ1v) is 10.7. The number of thioether (sulfide) groups is 1. The molecule has 1 N–H and O–H groups in total. The predicted octanol–water partition coefficient (Wildman–Crippen LogP) is 4.45. The molecule has 0 unspecified atom stereocenters. The summed E-state index contributed by atoms with van der Waals surface area (Å²) >= 11 is 2.95. The summed E-state index contributed by atoms with van der Waals surface area (Å²) in [6.45, 7) is 0. The fourth-order valence-electron chi connectivity index (χ4n) is 2.50. The zero-order valence-electron chi connectivity index (χ0n) is 15.3. The maximum atomic E-state index is 12.2. The molecule has 0 radical (unpaired) electrons. The van der Waals surface area contributed by atoms with Gasteiger partial charge in [-0.05, 0) is 5.56 Å². The lowest BCUT2D eigenvalue weighted by molar-refractivity contribution is -0.116. The number of aromatic nitrogens is 4. The summed E-state index contributed by atoms with van der Waals surface area (Å²) in [5.74, 6) is 1.59. The molecule has 4 aromatic rings. The summed E-state index contributed by atoms with van der Waals surface area (Å²) in [6, 6.07) is 19.7. The Hall–Kier alpha value is -3.04. The molecule has 0 aliphatic carbocycles. The number of hydrogen-bond acceptors (Lipinski definition) is 8. The van der Waals surface area contributed by atoms with Crippen LogP contribution < -0.4 is 5.32 Å². The molecule has 7 nitrogen and oxygen atoms in total. The Bertz CT molecular complexity index is 1070. The lowest BCUT2D eigenvalue weighted by Gasteiger charge is -1.98. The van der Waals surface area contributed by atoms with E-state index in [0.717, 1.165) is 15.7 Å². The quantitative estimate of drug-likeness (QED) is 0.330. The van der Waals surface area contributed by atoms with E-state index in [1.807, 2.05) is 48.5 Å². The van der Waals surface area contributed by atoms with Crippen molar-refractivity contribution in [2.75, 3.05) is 5.32 Å². The van der Waals surface area contributed by atoms with Crippen LogP contribution in [0.1, 0.15) is 17.9 Å². The normalized spacial score (nSPS) is 10.8. The lowest BCUT2D eigenvalue weighted by Crippen LogP contribution is -2.12. The van der Waals surface area contributed by atoms with Gasteiger partial charge in [0.15, 0.2) is 4.34 Å². The second-order valence-corrected chi connectivity index (χ2v) is 8.27. The Morgan fingerprint density at radius 3 is 2.59 bits per heavy atom. The van der Waals surface area contributed by atoms with Crippen LogP contribution in [0.4, 0.5) is 5.13 Å². The van der Waals surface area contributed by atoms with Crippen LogP contribution in [0.15, 0.2) is 69.5 Å². The molecule has 9 heteroatoms. The van der Waals surface area contributed by atoms with Gasteiger partial charge in [0.2, 0.25) is 22.8 Å². The Morgan fingerprint density at radius 1 is 1.03 bits per heavy atom. The van der Waals surface area contributed by atoms with Gasteiger partial charge in [-0.3, -0.25) is 4.79 Å². The van der Waals surface area contributed by atoms with Gasteiger partial charge in [-0.2, -0.15) is 4.98 Å². The number of carbonyl (C=O) groups is 1. The van der Waals surface area contributed by atoms with Crippen molar-refractivity contribution < 1.29 is 9.32 Å². The van der Waals surface area contributed by atoms with Crippen LogP contribution in [0.5, 0.6) is 0 Å². The van der Waals surface area contributed by atoms with Crippen molar-refractivity contribution in [3.05, 3.63) is 72.1 Å². The van der Waals surface area contributed by atoms with Gasteiger partial charge in [-0.1, -0.05) is 88.9 Å². The molecule has 0 saturated carbocycles. The van der Waals surface area contributed by atoms with Crippen molar-refractivity contribution in [2.24, 2.45) is 0 Å². The number of aryl methyl sites for hydroxylation is 1. The molecule has 146 valence electrons. The van der Waals surface area contributed by atoms with Crippen molar-refractivity contribution in [1.82, 2.24) is 20.3 Å². The van der Waals surface area contributed by atoms with Crippen LogP contribution in [0, 0.1) is 0 Å². The number of nitrogens with one attached hydrogen (secondary N) is 1. The zero-order valence-corrected chi connectivity index (χ0v) is 16.9. The number of carbonyl (C=O) groups excluding carboxylic acids is 1. The minimum atomic E-state index is -0.166. The molecular formula is C20H17N5O2S2. The summed E-state index contributed by atoms with van der Waals surface area (Å²) in [5.41, 5.74) is 2.09. The molecule has 4 rings (SSSR count). The Labute approximate surface area is 175 Å². The van der Waals surface area contributed by atoms with Crippen LogP contribution in [0.3, 0.4) is 0 Å². The first-order chi connectivity index (χ1) is 14.3. The third kappa shape index (κ3) is 5.49. The fraction of sp³-hybridized carbons (Fsp3) is 0.150. The molecular weight excluding hydrogens is 406 g/mol. The van der Waals surface area contributed by atoms with Gasteiger partial charge in [0, 0.05) is 24.2 Å². The zero-order chi connectivity index (χ0) is 19.9. The van der Waals surface area contributed by atoms with Gasteiger partial charge in [0.25, 0.3) is 0 Å². The molecule has 0 aliphatic heterocycles. The largest absolute Gasteiger partial charge is 0.339 e. The van der Waals surface area contributed by atoms with Crippen LogP contribution in [0.2, 0.25) is 0 Å². The molecule has 2 heterocycles. The van der Waals surface area contributed by atoms with Crippen molar-refractivity contribution in [1.29, 1.82) is 0 Å². The van der Waals surface area contributed by atoms with E-state index in [1.165, 1.54) is 16.9 Å². The average Bonchev–Trinajstić information content (AvgIpc) is 3.42. The highest BCUT2D eigenvalue weighted by Crippen LogP contribution is 2.28. The number of nitrogens with zero attached hydrogens (tertiary/aromatic N) is 4. The van der Waals surface area contributed by atoms with Gasteiger partial charge in [-0.25, -0.2) is 0 Å². The van der Waals surface area contributed by atoms with Crippen molar-refractivity contribution in [2.45, 2.75) is 22.9 Å². The van der Waals surface area contributed by atoms with Crippen LogP contribution >= 0.6 is 23.1 Å². The Morgan fingerprint density at radius 2 is 1.79 bits per heavy atom. The fourth-order valence-corrected chi connectivity index (χ4v) is 4.23. The van der Waals surface area contributed by atoms with Crippen LogP contribution in [-0.2, 0) is 17.0 Å². The Kier molecular flexibility index (Phi) is 6.28. The monoisotopic (exact) mass is 423 g/mol. The summed E-state index contributed by atoms with van der Waals surface area (Å²) in [6.07, 6.45) is 0.586. The molecule has 0 saturated heterocycles. The minimum absolute atomic E-state index is 0.166. The SMILES string of the molecule is O=C(CCc1nc(-c2ccccc2)no1)Nc1nnc(SCc2ccccc2)s1. The van der Waals surface area contributed by atoms with E-state index < -0.39 is 0 Å². The summed E-state index contributed by atoms with van der Waals surface area (Å²) in [4.78, 5) is 16.5. The summed E-state index contributed by atoms with van der Waals surface area (Å²) < 4.78 is 6.04. The van der Waals surface area contributed by atoms with Crippen molar-refractivity contribution in [3.63, 3.8) is 0 Å². The molecule has 0 fully saturated rings. The first kappa shape index (κ1) is 19.3. The molecule has 2 aromatic carbocycles. The first-order valence-electron chi connectivity index (χ1n) is 8.94. The lowest BCUT2D eigenvalue weighted by atomic mass is 10.2. The maximum Gasteiger partial charge on any atom is 0.227 e. The standard InChI is InChI=1S/C20H17N5O2S2/c26-16(11-12-17-22-18(25-27-17)15-9-5-2-6-10-15)21-19-23-24-20(29-19)28-13-14-7-3-1-4-8-14/h1-10H,11-13H2,(H,21,23,26). The average molecular weight is 424 g/mol. The number of amides is 1. The van der Waals surface area contributed by atoms with Gasteiger partial charge >= 0.3 is 0 Å². The molecule has 0 atom stereocenters. The van der Waals surface area contributed by atoms with Crippen molar-refractivity contribution in [3.8, 4) is 11.4 Å². The molecule has 0 bridgehead atoms. The van der Waals surface area contributed by atoms with E-state index in [-0.39, 0.29) is 12.3 Å². The van der Waals surface area contributed by atoms with Crippen LogP contribution in [-0.4, -0.2) is 26.2 Å². The van der Waals surface area contributed by atoms with E-state index in [0.29, 0.717) is 23.3 Å². The van der Waals surface area contributed by atoms with E-state index >= 15 is 0 Å². The van der Waals surface area contributed by atoms with Gasteiger partial charge in [-0.15, -0.1) is 10.2 Å². The highest BCUT2D eigenvalue weighted by atomic mass is 32.2. The smallest absolute Gasteiger partial charge is 0.227 e. The second-order valence-electron chi connectivity index (χ2n) is 6.07. The summed E-state index contributed by atoms with van der Waals surface area (Å²) in [5, 5.41) is 15.4. The number of benzene rings is 2. The topological polar surface area (TPSA) is 93.8 Å². The second kappa shape index (κ2) is 9.44. The maximum absolute atomic E-state index is 12.2. The van der Waals surface area contributed by atoms with E-state index in [9.17, 15) is 4.79 Å². The molecule has 0 aliphatic rings. The minimum Gasteiger partial charge on any atom is -0.339 e. The third-order valence-corrected chi connectivity index (χ3v) is 5.97. The van der Waals surface area contributed by atoms with Crippen molar-refractivity contribution >= 4 is 34.1 Å². The van der Waals surface area contributed by atoms with E-state index in [4.69, 9.17) is 4.52 Å².